The highest BCUT2D eigenvalue weighted by atomic mass is 32.2. The number of fused-ring (bicyclic) bond motifs is 1. The van der Waals surface area contributed by atoms with Crippen molar-refractivity contribution in [3.05, 3.63) is 42.0 Å². The summed E-state index contributed by atoms with van der Waals surface area (Å²) in [5, 5.41) is 2.84. The number of thiazole rings is 1. The van der Waals surface area contributed by atoms with Gasteiger partial charge in [0.05, 0.1) is 32.7 Å². The van der Waals surface area contributed by atoms with Gasteiger partial charge in [-0.2, -0.15) is 0 Å². The van der Waals surface area contributed by atoms with E-state index in [0.29, 0.717) is 10.2 Å². The second-order valence-corrected chi connectivity index (χ2v) is 10.9. The fourth-order valence-electron chi connectivity index (χ4n) is 2.71. The lowest BCUT2D eigenvalue weighted by Gasteiger charge is -2.11. The van der Waals surface area contributed by atoms with Gasteiger partial charge in [-0.3, -0.25) is 10.1 Å². The number of nitrogens with one attached hydrogen (secondary N) is 3. The molecule has 166 valence electrons. The van der Waals surface area contributed by atoms with Gasteiger partial charge in [0, 0.05) is 6.54 Å². The van der Waals surface area contributed by atoms with E-state index < -0.39 is 26.0 Å². The molecule has 1 aromatic heterocycles. The second-order valence-electron chi connectivity index (χ2n) is 6.17. The fraction of sp³-hybridized carbons (Fsp3) is 0.222. The molecular formula is C18H20N4O6S3. The summed E-state index contributed by atoms with van der Waals surface area (Å²) in [6.45, 7) is 1.85. The fourth-order valence-corrected chi connectivity index (χ4v) is 5.51. The minimum Gasteiger partial charge on any atom is -0.496 e. The highest BCUT2D eigenvalue weighted by Gasteiger charge is 2.21. The van der Waals surface area contributed by atoms with E-state index in [1.807, 2.05) is 0 Å². The number of carbonyl (C=O) groups excluding carboxylic acids is 1. The van der Waals surface area contributed by atoms with Crippen LogP contribution in [0.4, 0.5) is 5.13 Å². The van der Waals surface area contributed by atoms with Gasteiger partial charge in [0.2, 0.25) is 20.0 Å². The normalized spacial score (nSPS) is 12.1. The van der Waals surface area contributed by atoms with Crippen LogP contribution in [-0.4, -0.2) is 48.4 Å². The van der Waals surface area contributed by atoms with Crippen LogP contribution in [0.1, 0.15) is 17.3 Å². The predicted molar refractivity (Wildman–Crippen MR) is 118 cm³/mol. The molecule has 13 heteroatoms. The molecule has 1 heterocycles. The van der Waals surface area contributed by atoms with Gasteiger partial charge < -0.3 is 4.74 Å². The Morgan fingerprint density at radius 1 is 1.06 bits per heavy atom. The van der Waals surface area contributed by atoms with Crippen LogP contribution in [0.2, 0.25) is 0 Å². The van der Waals surface area contributed by atoms with Gasteiger partial charge in [-0.1, -0.05) is 18.3 Å². The van der Waals surface area contributed by atoms with Crippen LogP contribution in [0.15, 0.2) is 46.2 Å². The van der Waals surface area contributed by atoms with Gasteiger partial charge in [0.1, 0.15) is 5.75 Å². The van der Waals surface area contributed by atoms with Crippen molar-refractivity contribution in [2.24, 2.45) is 0 Å². The van der Waals surface area contributed by atoms with Gasteiger partial charge in [0.25, 0.3) is 5.91 Å². The molecule has 2 aromatic carbocycles. The Kier molecular flexibility index (Phi) is 6.62. The molecule has 0 aliphatic heterocycles. The number of methoxy groups -OCH3 is 1. The van der Waals surface area contributed by atoms with Crippen molar-refractivity contribution in [2.75, 3.05) is 26.0 Å². The monoisotopic (exact) mass is 484 g/mol. The van der Waals surface area contributed by atoms with Crippen LogP contribution in [0.3, 0.4) is 0 Å². The smallest absolute Gasteiger partial charge is 0.261 e. The Hall–Kier alpha value is -2.58. The van der Waals surface area contributed by atoms with Crippen LogP contribution in [0, 0.1) is 0 Å². The zero-order valence-corrected chi connectivity index (χ0v) is 19.2. The number of carbonyl (C=O) groups is 1. The predicted octanol–water partition coefficient (Wildman–Crippen LogP) is 1.76. The largest absolute Gasteiger partial charge is 0.496 e. The first-order valence-corrected chi connectivity index (χ1v) is 12.7. The van der Waals surface area contributed by atoms with E-state index in [-0.39, 0.29) is 32.8 Å². The summed E-state index contributed by atoms with van der Waals surface area (Å²) in [6.07, 6.45) is 0. The molecule has 31 heavy (non-hydrogen) atoms. The van der Waals surface area contributed by atoms with E-state index in [4.69, 9.17) is 4.74 Å². The van der Waals surface area contributed by atoms with E-state index in [0.717, 1.165) is 11.3 Å². The first kappa shape index (κ1) is 23.1. The van der Waals surface area contributed by atoms with Crippen molar-refractivity contribution >= 4 is 52.6 Å². The number of aromatic nitrogens is 1. The van der Waals surface area contributed by atoms with Gasteiger partial charge in [0.15, 0.2) is 5.13 Å². The van der Waals surface area contributed by atoms with Crippen LogP contribution < -0.4 is 19.5 Å². The van der Waals surface area contributed by atoms with E-state index in [2.05, 4.69) is 19.7 Å². The van der Waals surface area contributed by atoms with Crippen molar-refractivity contribution in [1.29, 1.82) is 0 Å². The lowest BCUT2D eigenvalue weighted by Crippen LogP contribution is -2.23. The van der Waals surface area contributed by atoms with E-state index in [9.17, 15) is 21.6 Å². The van der Waals surface area contributed by atoms with Crippen molar-refractivity contribution in [2.45, 2.75) is 16.7 Å². The minimum atomic E-state index is -3.77. The molecule has 0 atom stereocenters. The van der Waals surface area contributed by atoms with Crippen LogP contribution in [0.25, 0.3) is 10.2 Å². The third-order valence-electron chi connectivity index (χ3n) is 4.22. The quantitative estimate of drug-likeness (QED) is 0.442. The molecule has 0 radical (unpaired) electrons. The number of hydrogen-bond acceptors (Lipinski definition) is 8. The third kappa shape index (κ3) is 4.85. The Bertz CT molecular complexity index is 1350. The van der Waals surface area contributed by atoms with Crippen molar-refractivity contribution in [3.8, 4) is 5.75 Å². The number of hydrogen-bond donors (Lipinski definition) is 3. The molecular weight excluding hydrogens is 464 g/mol. The minimum absolute atomic E-state index is 0.0131. The topological polar surface area (TPSA) is 144 Å². The average molecular weight is 485 g/mol. The molecule has 0 bridgehead atoms. The van der Waals surface area contributed by atoms with E-state index in [1.54, 1.807) is 6.92 Å². The SMILES string of the molecule is CCNS(=O)(=O)c1ccc(OC)c(C(=O)Nc2nc3ccc(S(=O)(=O)NC)cc3s2)c1. The van der Waals surface area contributed by atoms with Crippen molar-refractivity contribution < 1.29 is 26.4 Å². The number of benzene rings is 2. The van der Waals surface area contributed by atoms with Crippen LogP contribution >= 0.6 is 11.3 Å². The molecule has 0 aliphatic rings. The number of rotatable bonds is 8. The number of nitrogens with zero attached hydrogens (tertiary/aromatic N) is 1. The summed E-state index contributed by atoms with van der Waals surface area (Å²) in [4.78, 5) is 17.1. The molecule has 10 nitrogen and oxygen atoms in total. The summed E-state index contributed by atoms with van der Waals surface area (Å²) in [6, 6.07) is 8.37. The lowest BCUT2D eigenvalue weighted by atomic mass is 10.2. The Balaban J connectivity index is 1.94. The molecule has 0 aliphatic carbocycles. The van der Waals surface area contributed by atoms with Gasteiger partial charge >= 0.3 is 0 Å². The first-order chi connectivity index (χ1) is 14.6. The molecule has 0 spiro atoms. The molecule has 0 unspecified atom stereocenters. The molecule has 3 aromatic rings. The van der Waals surface area contributed by atoms with E-state index in [1.165, 1.54) is 50.6 Å². The standard InChI is InChI=1S/C18H20N4O6S3/c1-4-20-31(26,27)11-6-8-15(28-3)13(9-11)17(23)22-18-21-14-7-5-12(10-16(14)29-18)30(24,25)19-2/h5-10,19-20H,4H2,1-3H3,(H,21,22,23). The summed E-state index contributed by atoms with van der Waals surface area (Å²) in [5.41, 5.74) is 0.518. The highest BCUT2D eigenvalue weighted by molar-refractivity contribution is 7.89. The number of amides is 1. The Labute approximate surface area is 183 Å². The summed E-state index contributed by atoms with van der Waals surface area (Å²) < 4.78 is 58.9. The maximum Gasteiger partial charge on any atom is 0.261 e. The van der Waals surface area contributed by atoms with Crippen molar-refractivity contribution in [3.63, 3.8) is 0 Å². The first-order valence-electron chi connectivity index (χ1n) is 8.94. The Morgan fingerprint density at radius 2 is 1.74 bits per heavy atom. The lowest BCUT2D eigenvalue weighted by molar-refractivity contribution is 0.102. The van der Waals surface area contributed by atoms with Gasteiger partial charge in [-0.25, -0.2) is 31.3 Å². The summed E-state index contributed by atoms with van der Waals surface area (Å²) in [5.74, 6) is -0.427. The number of anilines is 1. The second kappa shape index (κ2) is 8.88. The van der Waals surface area contributed by atoms with Gasteiger partial charge in [-0.15, -0.1) is 0 Å². The van der Waals surface area contributed by atoms with Crippen LogP contribution in [-0.2, 0) is 20.0 Å². The third-order valence-corrected chi connectivity index (χ3v) is 8.11. The van der Waals surface area contributed by atoms with Crippen LogP contribution in [0.5, 0.6) is 5.75 Å². The molecule has 0 saturated carbocycles. The number of sulfonamides is 2. The molecule has 3 N–H and O–H groups in total. The average Bonchev–Trinajstić information content (AvgIpc) is 3.14. The highest BCUT2D eigenvalue weighted by Crippen LogP contribution is 2.30. The summed E-state index contributed by atoms with van der Waals surface area (Å²) in [7, 11) is -4.70. The molecule has 3 rings (SSSR count). The van der Waals surface area contributed by atoms with Gasteiger partial charge in [-0.05, 0) is 43.4 Å². The zero-order valence-electron chi connectivity index (χ0n) is 16.8. The molecule has 0 saturated heterocycles. The zero-order chi connectivity index (χ0) is 22.8. The van der Waals surface area contributed by atoms with Crippen molar-refractivity contribution in [1.82, 2.24) is 14.4 Å². The molecule has 0 fully saturated rings. The summed E-state index contributed by atoms with van der Waals surface area (Å²) >= 11 is 1.09. The maximum atomic E-state index is 12.8. The number of ether oxygens (including phenoxy) is 1. The maximum absolute atomic E-state index is 12.8. The van der Waals surface area contributed by atoms with E-state index >= 15 is 0 Å². The Morgan fingerprint density at radius 3 is 2.39 bits per heavy atom. The molecule has 1 amide bonds.